The number of aliphatic hydroxyl groups excluding tert-OH is 1. The molecule has 0 saturated carbocycles. The number of carbonyl (C=O) groups is 1. The minimum absolute atomic E-state index is 0.0359. The highest BCUT2D eigenvalue weighted by Gasteiger charge is 2.33. The van der Waals surface area contributed by atoms with Gasteiger partial charge in [-0.3, -0.25) is 4.79 Å². The first kappa shape index (κ1) is 17.9. The van der Waals surface area contributed by atoms with Crippen LogP contribution in [0.25, 0.3) is 0 Å². The molecule has 1 saturated heterocycles. The predicted molar refractivity (Wildman–Crippen MR) is 92.2 cm³/mol. The molecule has 142 valence electrons. The molecule has 2 aliphatic rings. The second-order valence-electron chi connectivity index (χ2n) is 6.77. The Hall–Kier alpha value is -2.51. The summed E-state index contributed by atoms with van der Waals surface area (Å²) in [6, 6.07) is 8.59. The maximum Gasteiger partial charge on any atom is 0.258 e. The summed E-state index contributed by atoms with van der Waals surface area (Å²) in [4.78, 5) is 14.4. The molecular formula is C20H19F2NO4. The van der Waals surface area contributed by atoms with Crippen LogP contribution in [0.2, 0.25) is 0 Å². The Morgan fingerprint density at radius 1 is 1.26 bits per heavy atom. The van der Waals surface area contributed by atoms with Crippen molar-refractivity contribution >= 4 is 5.91 Å². The zero-order chi connectivity index (χ0) is 19.0. The summed E-state index contributed by atoms with van der Waals surface area (Å²) >= 11 is 0. The maximum absolute atomic E-state index is 13.9. The lowest BCUT2D eigenvalue weighted by Gasteiger charge is -2.28. The van der Waals surface area contributed by atoms with E-state index in [0.717, 1.165) is 11.6 Å². The fourth-order valence-electron chi connectivity index (χ4n) is 3.44. The first-order valence-electron chi connectivity index (χ1n) is 8.80. The van der Waals surface area contributed by atoms with Crippen LogP contribution in [-0.2, 0) is 17.8 Å². The van der Waals surface area contributed by atoms with Crippen LogP contribution in [0.3, 0.4) is 0 Å². The zero-order valence-electron chi connectivity index (χ0n) is 14.5. The number of amides is 1. The number of rotatable bonds is 4. The lowest BCUT2D eigenvalue weighted by Crippen LogP contribution is -2.41. The topological polar surface area (TPSA) is 59.0 Å². The molecule has 2 aromatic rings. The molecule has 0 radical (unpaired) electrons. The number of aliphatic hydroxyl groups is 1. The highest BCUT2D eigenvalue weighted by Crippen LogP contribution is 2.33. The van der Waals surface area contributed by atoms with E-state index in [1.54, 1.807) is 12.1 Å². The zero-order valence-corrected chi connectivity index (χ0v) is 14.5. The van der Waals surface area contributed by atoms with Crippen molar-refractivity contribution < 1.29 is 28.2 Å². The van der Waals surface area contributed by atoms with E-state index >= 15 is 0 Å². The molecule has 1 N–H and O–H groups in total. The third kappa shape index (κ3) is 3.52. The van der Waals surface area contributed by atoms with Gasteiger partial charge in [0.1, 0.15) is 23.5 Å². The molecule has 1 fully saturated rings. The van der Waals surface area contributed by atoms with Crippen LogP contribution in [0.5, 0.6) is 5.75 Å². The molecular weight excluding hydrogens is 356 g/mol. The van der Waals surface area contributed by atoms with Gasteiger partial charge in [-0.05, 0) is 17.7 Å². The third-order valence-electron chi connectivity index (χ3n) is 4.90. The van der Waals surface area contributed by atoms with Gasteiger partial charge < -0.3 is 19.5 Å². The van der Waals surface area contributed by atoms with Crippen molar-refractivity contribution in [2.45, 2.75) is 31.7 Å². The Morgan fingerprint density at radius 2 is 2.11 bits per heavy atom. The molecule has 0 aliphatic carbocycles. The smallest absolute Gasteiger partial charge is 0.258 e. The number of nitrogens with zero attached hydrogens (tertiary/aromatic N) is 1. The van der Waals surface area contributed by atoms with Crippen LogP contribution in [-0.4, -0.2) is 41.3 Å². The average Bonchev–Trinajstić information content (AvgIpc) is 2.96. The Balaban J connectivity index is 1.55. The van der Waals surface area contributed by atoms with E-state index in [1.807, 2.05) is 6.07 Å². The van der Waals surface area contributed by atoms with E-state index < -0.39 is 23.8 Å². The summed E-state index contributed by atoms with van der Waals surface area (Å²) in [5.74, 6) is -1.24. The van der Waals surface area contributed by atoms with Crippen molar-refractivity contribution in [1.29, 1.82) is 0 Å². The van der Waals surface area contributed by atoms with Crippen LogP contribution in [0.1, 0.15) is 27.9 Å². The highest BCUT2D eigenvalue weighted by atomic mass is 19.1. The van der Waals surface area contributed by atoms with Gasteiger partial charge >= 0.3 is 0 Å². The number of hydrogen-bond donors (Lipinski definition) is 1. The molecule has 27 heavy (non-hydrogen) atoms. The Morgan fingerprint density at radius 3 is 2.89 bits per heavy atom. The van der Waals surface area contributed by atoms with Gasteiger partial charge in [0.2, 0.25) is 0 Å². The van der Waals surface area contributed by atoms with Gasteiger partial charge in [0.25, 0.3) is 5.91 Å². The number of fused-ring (bicyclic) bond motifs is 1. The summed E-state index contributed by atoms with van der Waals surface area (Å²) in [7, 11) is 0. The second-order valence-corrected chi connectivity index (χ2v) is 6.77. The predicted octanol–water partition coefficient (Wildman–Crippen LogP) is 2.65. The Kier molecular flexibility index (Phi) is 4.80. The van der Waals surface area contributed by atoms with Crippen LogP contribution in [0.4, 0.5) is 8.78 Å². The van der Waals surface area contributed by atoms with E-state index in [1.165, 1.54) is 17.0 Å². The molecule has 1 amide bonds. The molecule has 4 rings (SSSR count). The molecule has 0 bridgehead atoms. The van der Waals surface area contributed by atoms with Gasteiger partial charge in [-0.25, -0.2) is 8.78 Å². The van der Waals surface area contributed by atoms with Gasteiger partial charge in [0.05, 0.1) is 18.3 Å². The highest BCUT2D eigenvalue weighted by molar-refractivity contribution is 6.01. The van der Waals surface area contributed by atoms with Crippen molar-refractivity contribution in [3.63, 3.8) is 0 Å². The van der Waals surface area contributed by atoms with Gasteiger partial charge in [-0.1, -0.05) is 18.2 Å². The minimum Gasteiger partial charge on any atom is -0.484 e. The lowest BCUT2D eigenvalue weighted by atomic mass is 10.1. The van der Waals surface area contributed by atoms with Crippen molar-refractivity contribution in [3.05, 3.63) is 64.7 Å². The van der Waals surface area contributed by atoms with Crippen molar-refractivity contribution in [2.75, 3.05) is 13.2 Å². The third-order valence-corrected chi connectivity index (χ3v) is 4.90. The standard InChI is InChI=1S/C20H19F2NO4/c21-14-5-4-12(15(22)8-14)9-23-10-13-2-1-3-17(19(13)20(23)25)27-18-11-26-7-6-16(18)24/h1-5,8,16,18,24H,6-7,9-11H2/t16-,18-/m0/s1. The summed E-state index contributed by atoms with van der Waals surface area (Å²) in [6.07, 6.45) is -0.721. The van der Waals surface area contributed by atoms with Gasteiger partial charge in [-0.2, -0.15) is 0 Å². The molecule has 2 atom stereocenters. The molecule has 2 heterocycles. The molecule has 2 aromatic carbocycles. The first-order valence-corrected chi connectivity index (χ1v) is 8.80. The normalized spacial score (nSPS) is 22.0. The average molecular weight is 375 g/mol. The second kappa shape index (κ2) is 7.25. The van der Waals surface area contributed by atoms with E-state index in [0.29, 0.717) is 30.9 Å². The summed E-state index contributed by atoms with van der Waals surface area (Å²) < 4.78 is 38.3. The Bertz CT molecular complexity index is 873. The van der Waals surface area contributed by atoms with E-state index in [9.17, 15) is 18.7 Å². The largest absolute Gasteiger partial charge is 0.484 e. The summed E-state index contributed by atoms with van der Waals surface area (Å²) in [5, 5.41) is 10.1. The van der Waals surface area contributed by atoms with Gasteiger partial charge in [-0.15, -0.1) is 0 Å². The van der Waals surface area contributed by atoms with Crippen LogP contribution in [0.15, 0.2) is 36.4 Å². The molecule has 7 heteroatoms. The summed E-state index contributed by atoms with van der Waals surface area (Å²) in [6.45, 7) is 1.08. The molecule has 2 aliphatic heterocycles. The molecule has 0 unspecified atom stereocenters. The van der Waals surface area contributed by atoms with Crippen LogP contribution in [0, 0.1) is 11.6 Å². The van der Waals surface area contributed by atoms with Crippen molar-refractivity contribution in [1.82, 2.24) is 4.90 Å². The number of halogens is 2. The quantitative estimate of drug-likeness (QED) is 0.893. The van der Waals surface area contributed by atoms with Crippen LogP contribution < -0.4 is 4.74 Å². The van der Waals surface area contributed by atoms with Crippen molar-refractivity contribution in [3.8, 4) is 5.75 Å². The van der Waals surface area contributed by atoms with Crippen LogP contribution >= 0.6 is 0 Å². The molecule has 0 aromatic heterocycles. The monoisotopic (exact) mass is 375 g/mol. The van der Waals surface area contributed by atoms with Gasteiger partial charge in [0.15, 0.2) is 0 Å². The Labute approximate surface area is 155 Å². The number of ether oxygens (including phenoxy) is 2. The molecule has 5 nitrogen and oxygen atoms in total. The summed E-state index contributed by atoms with van der Waals surface area (Å²) in [5.41, 5.74) is 1.43. The SMILES string of the molecule is O=C1c2c(cccc2O[C@H]2COCC[C@@H]2O)CN1Cc1ccc(F)cc1F. The minimum atomic E-state index is -0.683. The number of benzene rings is 2. The van der Waals surface area contributed by atoms with E-state index in [4.69, 9.17) is 9.47 Å². The van der Waals surface area contributed by atoms with Crippen molar-refractivity contribution in [2.24, 2.45) is 0 Å². The fourth-order valence-corrected chi connectivity index (χ4v) is 3.44. The first-order chi connectivity index (χ1) is 13.0. The molecule has 0 spiro atoms. The maximum atomic E-state index is 13.9. The lowest BCUT2D eigenvalue weighted by molar-refractivity contribution is -0.0736. The van der Waals surface area contributed by atoms with E-state index in [-0.39, 0.29) is 24.6 Å². The van der Waals surface area contributed by atoms with E-state index in [2.05, 4.69) is 0 Å². The van der Waals surface area contributed by atoms with Gasteiger partial charge in [0, 0.05) is 37.7 Å². The fraction of sp³-hybridized carbons (Fsp3) is 0.350. The number of hydrogen-bond acceptors (Lipinski definition) is 4. The number of carbonyl (C=O) groups excluding carboxylic acids is 1.